The molecular weight excluding hydrogens is 557 g/mol. The largest absolute Gasteiger partial charge is 0.371 e. The zero-order valence-corrected chi connectivity index (χ0v) is 29.3. The maximum absolute atomic E-state index is 14.7. The lowest BCUT2D eigenvalue weighted by atomic mass is 9.90. The standard InChI is InChI=1S/C27H37FN2O.C13H19N/c1-7-9-10-13-21(5)26(23(8-2)24-14-11-12-15-25(24)28)22(6)29-16-18-30(19-17-29)27(31)20(3)4;1-4-6-7-9-13(11-14)10-12(3)8-5-2/h8-15,20H,7,16-19H2,1-6H3;6-7,9-10H,4-5,8H2,1-3H3/b10-9+,21-13-,23-8-,26-22-;7-6+,12-10+,13-9+. The van der Waals surface area contributed by atoms with Gasteiger partial charge in [0.2, 0.25) is 5.91 Å². The molecule has 5 heteroatoms. The number of carbonyl (C=O) groups excluding carboxylic acids is 1. The third kappa shape index (κ3) is 13.3. The highest BCUT2D eigenvalue weighted by Crippen LogP contribution is 2.34. The SMILES string of the molecule is CC/C=C/C=C(C#N)\C=C(/C)CCC.C\C=C(C(/C(C)=C\C=C\CC)=C(/C)N1CCN(C(=O)C(C)C)CC1)\c1ccccc1F. The minimum Gasteiger partial charge on any atom is -0.371 e. The van der Waals surface area contributed by atoms with E-state index in [1.807, 2.05) is 68.2 Å². The first-order valence-corrected chi connectivity index (χ1v) is 16.5. The quantitative estimate of drug-likeness (QED) is 0.174. The van der Waals surface area contributed by atoms with Crippen molar-refractivity contribution in [1.82, 2.24) is 9.80 Å². The number of hydrogen-bond donors (Lipinski definition) is 0. The number of rotatable bonds is 12. The topological polar surface area (TPSA) is 47.3 Å². The fraction of sp³-hybridized carbons (Fsp3) is 0.450. The summed E-state index contributed by atoms with van der Waals surface area (Å²) in [5, 5.41) is 8.85. The normalized spacial score (nSPS) is 15.8. The molecule has 1 aromatic rings. The van der Waals surface area contributed by atoms with Crippen molar-refractivity contribution in [3.8, 4) is 6.07 Å². The van der Waals surface area contributed by atoms with Crippen molar-refractivity contribution in [1.29, 1.82) is 5.26 Å². The van der Waals surface area contributed by atoms with E-state index >= 15 is 0 Å². The molecule has 0 unspecified atom stereocenters. The molecule has 244 valence electrons. The molecule has 0 bridgehead atoms. The van der Waals surface area contributed by atoms with Crippen LogP contribution in [-0.4, -0.2) is 41.9 Å². The third-order valence-electron chi connectivity index (χ3n) is 7.58. The van der Waals surface area contributed by atoms with Crippen molar-refractivity contribution < 1.29 is 9.18 Å². The summed E-state index contributed by atoms with van der Waals surface area (Å²) in [6.45, 7) is 21.4. The third-order valence-corrected chi connectivity index (χ3v) is 7.58. The molecule has 0 aromatic heterocycles. The number of piperazine rings is 1. The van der Waals surface area contributed by atoms with Crippen LogP contribution < -0.4 is 0 Å². The smallest absolute Gasteiger partial charge is 0.225 e. The molecule has 1 aromatic carbocycles. The second-order valence-corrected chi connectivity index (χ2v) is 11.6. The van der Waals surface area contributed by atoms with Crippen LogP contribution in [0, 0.1) is 23.1 Å². The summed E-state index contributed by atoms with van der Waals surface area (Å²) in [5.74, 6) is 0.0119. The van der Waals surface area contributed by atoms with Crippen LogP contribution in [0.5, 0.6) is 0 Å². The van der Waals surface area contributed by atoms with Crippen LogP contribution in [0.25, 0.3) is 5.57 Å². The second kappa shape index (κ2) is 21.7. The molecule has 0 atom stereocenters. The van der Waals surface area contributed by atoms with Crippen molar-refractivity contribution in [2.45, 2.75) is 88.0 Å². The average molecular weight is 614 g/mol. The van der Waals surface area contributed by atoms with E-state index in [4.69, 9.17) is 5.26 Å². The summed E-state index contributed by atoms with van der Waals surface area (Å²) < 4.78 is 14.7. The van der Waals surface area contributed by atoms with Gasteiger partial charge in [0.05, 0.1) is 11.6 Å². The van der Waals surface area contributed by atoms with Crippen LogP contribution in [-0.2, 0) is 4.79 Å². The number of allylic oxidation sites excluding steroid dienone is 14. The molecule has 1 heterocycles. The van der Waals surface area contributed by atoms with Crippen LogP contribution in [0.3, 0.4) is 0 Å². The monoisotopic (exact) mass is 613 g/mol. The lowest BCUT2D eigenvalue weighted by Gasteiger charge is -2.38. The molecule has 0 N–H and O–H groups in total. The summed E-state index contributed by atoms with van der Waals surface area (Å²) in [5.41, 5.74) is 6.78. The zero-order valence-electron chi connectivity index (χ0n) is 29.3. The molecule has 1 fully saturated rings. The Labute approximate surface area is 273 Å². The predicted octanol–water partition coefficient (Wildman–Crippen LogP) is 10.4. The molecule has 0 radical (unpaired) electrons. The summed E-state index contributed by atoms with van der Waals surface area (Å²) >= 11 is 0. The predicted molar refractivity (Wildman–Crippen MR) is 191 cm³/mol. The Balaban J connectivity index is 0.000000609. The molecule has 0 saturated carbocycles. The van der Waals surface area contributed by atoms with Gasteiger partial charge in [0.25, 0.3) is 0 Å². The van der Waals surface area contributed by atoms with E-state index in [1.54, 1.807) is 6.07 Å². The fourth-order valence-corrected chi connectivity index (χ4v) is 5.18. The minimum atomic E-state index is -0.217. The van der Waals surface area contributed by atoms with Crippen LogP contribution in [0.1, 0.15) is 93.6 Å². The molecule has 4 nitrogen and oxygen atoms in total. The molecule has 1 saturated heterocycles. The van der Waals surface area contributed by atoms with Gasteiger partial charge < -0.3 is 9.80 Å². The number of halogens is 1. The summed E-state index contributed by atoms with van der Waals surface area (Å²) in [6, 6.07) is 9.13. The first kappa shape index (κ1) is 39.1. The van der Waals surface area contributed by atoms with Crippen LogP contribution >= 0.6 is 0 Å². The lowest BCUT2D eigenvalue weighted by molar-refractivity contribution is -0.135. The Morgan fingerprint density at radius 2 is 1.53 bits per heavy atom. The number of carbonyl (C=O) groups is 1. The molecule has 45 heavy (non-hydrogen) atoms. The number of benzene rings is 1. The van der Waals surface area contributed by atoms with Crippen molar-refractivity contribution in [3.05, 3.63) is 112 Å². The second-order valence-electron chi connectivity index (χ2n) is 11.6. The molecule has 0 aliphatic carbocycles. The van der Waals surface area contributed by atoms with Crippen LogP contribution in [0.2, 0.25) is 0 Å². The van der Waals surface area contributed by atoms with Gasteiger partial charge in [-0.3, -0.25) is 4.79 Å². The highest BCUT2D eigenvalue weighted by atomic mass is 19.1. The Morgan fingerprint density at radius 1 is 0.956 bits per heavy atom. The van der Waals surface area contributed by atoms with E-state index in [1.165, 1.54) is 11.6 Å². The first-order valence-electron chi connectivity index (χ1n) is 16.5. The van der Waals surface area contributed by atoms with E-state index in [9.17, 15) is 9.18 Å². The summed E-state index contributed by atoms with van der Waals surface area (Å²) in [6.07, 6.45) is 20.3. The highest BCUT2D eigenvalue weighted by molar-refractivity contribution is 5.84. The lowest BCUT2D eigenvalue weighted by Crippen LogP contribution is -2.49. The van der Waals surface area contributed by atoms with Gasteiger partial charge in [-0.15, -0.1) is 0 Å². The van der Waals surface area contributed by atoms with Gasteiger partial charge in [-0.2, -0.15) is 5.26 Å². The maximum Gasteiger partial charge on any atom is 0.225 e. The first-order chi connectivity index (χ1) is 21.6. The van der Waals surface area contributed by atoms with E-state index in [0.29, 0.717) is 18.7 Å². The van der Waals surface area contributed by atoms with Crippen molar-refractivity contribution >= 4 is 11.5 Å². The van der Waals surface area contributed by atoms with Crippen LogP contribution in [0.15, 0.2) is 101 Å². The number of amides is 1. The molecule has 1 aliphatic heterocycles. The van der Waals surface area contributed by atoms with E-state index in [-0.39, 0.29) is 17.6 Å². The highest BCUT2D eigenvalue weighted by Gasteiger charge is 2.25. The fourth-order valence-electron chi connectivity index (χ4n) is 5.18. The maximum atomic E-state index is 14.7. The van der Waals surface area contributed by atoms with E-state index in [2.05, 4.69) is 70.7 Å². The zero-order chi connectivity index (χ0) is 33.8. The van der Waals surface area contributed by atoms with Crippen LogP contribution in [0.4, 0.5) is 4.39 Å². The molecule has 2 rings (SSSR count). The average Bonchev–Trinajstić information content (AvgIpc) is 3.03. The van der Waals surface area contributed by atoms with E-state index in [0.717, 1.165) is 66.8 Å². The minimum absolute atomic E-state index is 0.0185. The Morgan fingerprint density at radius 3 is 2.04 bits per heavy atom. The van der Waals surface area contributed by atoms with Gasteiger partial charge in [-0.05, 0) is 76.3 Å². The van der Waals surface area contributed by atoms with Gasteiger partial charge >= 0.3 is 0 Å². The molecular formula is C40H56FN3O. The number of hydrogen-bond acceptors (Lipinski definition) is 3. The van der Waals surface area contributed by atoms with Gasteiger partial charge in [0.15, 0.2) is 0 Å². The Bertz CT molecular complexity index is 1340. The number of nitrogens with zero attached hydrogens (tertiary/aromatic N) is 3. The molecule has 1 amide bonds. The molecule has 0 spiro atoms. The Kier molecular flexibility index (Phi) is 18.9. The molecule has 1 aliphatic rings. The van der Waals surface area contributed by atoms with Gasteiger partial charge in [0.1, 0.15) is 5.82 Å². The van der Waals surface area contributed by atoms with E-state index < -0.39 is 0 Å². The van der Waals surface area contributed by atoms with Crippen molar-refractivity contribution in [2.24, 2.45) is 5.92 Å². The van der Waals surface area contributed by atoms with Crippen molar-refractivity contribution in [2.75, 3.05) is 26.2 Å². The summed E-state index contributed by atoms with van der Waals surface area (Å²) in [7, 11) is 0. The van der Waals surface area contributed by atoms with Gasteiger partial charge in [-0.25, -0.2) is 4.39 Å². The van der Waals surface area contributed by atoms with Gasteiger partial charge in [-0.1, -0.05) is 101 Å². The number of nitriles is 1. The van der Waals surface area contributed by atoms with Gasteiger partial charge in [0, 0.05) is 48.9 Å². The summed E-state index contributed by atoms with van der Waals surface area (Å²) in [4.78, 5) is 16.6. The Hall–Kier alpha value is -3.91. The van der Waals surface area contributed by atoms with Crippen molar-refractivity contribution in [3.63, 3.8) is 0 Å².